The smallest absolute Gasteiger partial charge is 0.226 e. The van der Waals surface area contributed by atoms with E-state index in [1.54, 1.807) is 17.2 Å². The fourth-order valence-corrected chi connectivity index (χ4v) is 6.25. The molecule has 1 saturated carbocycles. The Kier molecular flexibility index (Phi) is 6.54. The number of hydrogen-bond donors (Lipinski definition) is 0. The van der Waals surface area contributed by atoms with Gasteiger partial charge in [0.25, 0.3) is 0 Å². The summed E-state index contributed by atoms with van der Waals surface area (Å²) in [5.41, 5.74) is 2.40. The van der Waals surface area contributed by atoms with E-state index in [9.17, 15) is 13.6 Å². The molecular formula is C26H21Cl3F2N2O. The lowest BCUT2D eigenvalue weighted by atomic mass is 9.64. The number of hydrogen-bond acceptors (Lipinski definition) is 2. The molecule has 1 saturated heterocycles. The van der Waals surface area contributed by atoms with Crippen LogP contribution >= 0.6 is 34.8 Å². The molecule has 1 aromatic heterocycles. The Hall–Kier alpha value is -2.21. The fraction of sp³-hybridized carbons (Fsp3) is 0.308. The zero-order valence-corrected chi connectivity index (χ0v) is 20.3. The topological polar surface area (TPSA) is 33.2 Å². The fourth-order valence-electron chi connectivity index (χ4n) is 5.59. The first-order valence-electron chi connectivity index (χ1n) is 11.1. The number of likely N-dealkylation sites (tertiary alicyclic amines) is 1. The monoisotopic (exact) mass is 520 g/mol. The SMILES string of the molecule is O=C1C2CCC(c3ccc(Cl)cc3Cl)C(c3ccc(Cl)cn3)C2CN1Cc1ccc(F)c(F)c1. The van der Waals surface area contributed by atoms with Crippen LogP contribution in [0, 0.1) is 23.5 Å². The molecule has 3 nitrogen and oxygen atoms in total. The molecule has 2 aromatic carbocycles. The van der Waals surface area contributed by atoms with Gasteiger partial charge in [0.15, 0.2) is 11.6 Å². The molecule has 1 aliphatic heterocycles. The van der Waals surface area contributed by atoms with Crippen molar-refractivity contribution in [3.63, 3.8) is 0 Å². The molecular weight excluding hydrogens is 501 g/mol. The van der Waals surface area contributed by atoms with Crippen molar-refractivity contribution in [2.75, 3.05) is 6.54 Å². The lowest BCUT2D eigenvalue weighted by molar-refractivity contribution is -0.132. The summed E-state index contributed by atoms with van der Waals surface area (Å²) in [6.07, 6.45) is 3.10. The van der Waals surface area contributed by atoms with Crippen LogP contribution in [0.15, 0.2) is 54.7 Å². The number of benzene rings is 2. The zero-order chi connectivity index (χ0) is 24.0. The second kappa shape index (κ2) is 9.44. The van der Waals surface area contributed by atoms with Gasteiger partial charge in [0.05, 0.1) is 5.02 Å². The van der Waals surface area contributed by atoms with Gasteiger partial charge in [0, 0.05) is 46.9 Å². The molecule has 34 heavy (non-hydrogen) atoms. The van der Waals surface area contributed by atoms with E-state index < -0.39 is 11.6 Å². The Bertz CT molecular complexity index is 1240. The van der Waals surface area contributed by atoms with Crippen molar-refractivity contribution < 1.29 is 13.6 Å². The summed E-state index contributed by atoms with van der Waals surface area (Å²) in [7, 11) is 0. The Morgan fingerprint density at radius 3 is 2.38 bits per heavy atom. The van der Waals surface area contributed by atoms with Crippen molar-refractivity contribution in [3.8, 4) is 0 Å². The van der Waals surface area contributed by atoms with Gasteiger partial charge < -0.3 is 4.90 Å². The third kappa shape index (κ3) is 4.41. The second-order valence-electron chi connectivity index (χ2n) is 9.01. The Labute approximate surface area is 211 Å². The van der Waals surface area contributed by atoms with Gasteiger partial charge >= 0.3 is 0 Å². The highest BCUT2D eigenvalue weighted by atomic mass is 35.5. The number of fused-ring (bicyclic) bond motifs is 1. The number of carbonyl (C=O) groups excluding carboxylic acids is 1. The van der Waals surface area contributed by atoms with Crippen LogP contribution in [0.3, 0.4) is 0 Å². The summed E-state index contributed by atoms with van der Waals surface area (Å²) in [5, 5.41) is 1.70. The van der Waals surface area contributed by atoms with Crippen molar-refractivity contribution >= 4 is 40.7 Å². The van der Waals surface area contributed by atoms with Gasteiger partial charge in [-0.1, -0.05) is 46.9 Å². The van der Waals surface area contributed by atoms with E-state index in [4.69, 9.17) is 34.8 Å². The Balaban J connectivity index is 1.50. The quantitative estimate of drug-likeness (QED) is 0.362. The normalized spacial score (nSPS) is 24.4. The van der Waals surface area contributed by atoms with Crippen LogP contribution in [0.5, 0.6) is 0 Å². The number of nitrogens with zero attached hydrogens (tertiary/aromatic N) is 2. The van der Waals surface area contributed by atoms with Crippen molar-refractivity contribution in [2.24, 2.45) is 11.8 Å². The minimum Gasteiger partial charge on any atom is -0.338 e. The minimum atomic E-state index is -0.915. The molecule has 0 radical (unpaired) electrons. The number of amides is 1. The maximum Gasteiger partial charge on any atom is 0.226 e. The second-order valence-corrected chi connectivity index (χ2v) is 10.3. The van der Waals surface area contributed by atoms with Crippen molar-refractivity contribution in [2.45, 2.75) is 31.2 Å². The van der Waals surface area contributed by atoms with Crippen LogP contribution in [0.1, 0.15) is 41.5 Å². The van der Waals surface area contributed by atoms with Gasteiger partial charge in [0.1, 0.15) is 0 Å². The van der Waals surface area contributed by atoms with Gasteiger partial charge in [0.2, 0.25) is 5.91 Å². The van der Waals surface area contributed by atoms with Gasteiger partial charge in [-0.25, -0.2) is 8.78 Å². The summed E-state index contributed by atoms with van der Waals surface area (Å²) in [6, 6.07) is 13.0. The standard InChI is InChI=1S/C26H21Cl3F2N2O/c27-15-2-4-17(21(29)10-15)18-5-6-19-20(25(18)24-8-3-16(28)11-32-24)13-33(26(19)34)12-14-1-7-22(30)23(31)9-14/h1-4,7-11,18-20,25H,5-6,12-13H2. The summed E-state index contributed by atoms with van der Waals surface area (Å²) in [5.74, 6) is -1.96. The van der Waals surface area contributed by atoms with E-state index in [-0.39, 0.29) is 36.1 Å². The van der Waals surface area contributed by atoms with Gasteiger partial charge in [-0.3, -0.25) is 9.78 Å². The van der Waals surface area contributed by atoms with Crippen LogP contribution in [-0.2, 0) is 11.3 Å². The number of rotatable bonds is 4. The van der Waals surface area contributed by atoms with Gasteiger partial charge in [-0.15, -0.1) is 0 Å². The molecule has 8 heteroatoms. The largest absolute Gasteiger partial charge is 0.338 e. The van der Waals surface area contributed by atoms with E-state index in [0.717, 1.165) is 29.8 Å². The highest BCUT2D eigenvalue weighted by molar-refractivity contribution is 6.35. The summed E-state index contributed by atoms with van der Waals surface area (Å²) >= 11 is 18.8. The molecule has 2 fully saturated rings. The van der Waals surface area contributed by atoms with E-state index in [1.807, 2.05) is 24.3 Å². The molecule has 1 amide bonds. The van der Waals surface area contributed by atoms with E-state index in [0.29, 0.717) is 33.6 Å². The number of carbonyl (C=O) groups is 1. The van der Waals surface area contributed by atoms with E-state index >= 15 is 0 Å². The molecule has 0 bridgehead atoms. The zero-order valence-electron chi connectivity index (χ0n) is 18.0. The third-order valence-corrected chi connectivity index (χ3v) is 7.86. The Morgan fingerprint density at radius 2 is 1.68 bits per heavy atom. The van der Waals surface area contributed by atoms with Crippen LogP contribution in [0.2, 0.25) is 15.1 Å². The predicted octanol–water partition coefficient (Wildman–Crippen LogP) is 7.26. The van der Waals surface area contributed by atoms with Crippen LogP contribution in [0.4, 0.5) is 8.78 Å². The molecule has 5 rings (SSSR count). The van der Waals surface area contributed by atoms with Crippen molar-refractivity contribution in [3.05, 3.63) is 98.3 Å². The molecule has 4 atom stereocenters. The highest BCUT2D eigenvalue weighted by Crippen LogP contribution is 2.53. The summed E-state index contributed by atoms with van der Waals surface area (Å²) < 4.78 is 27.1. The molecule has 2 aliphatic rings. The maximum absolute atomic E-state index is 13.7. The van der Waals surface area contributed by atoms with E-state index in [1.165, 1.54) is 6.07 Å². The lowest BCUT2D eigenvalue weighted by Gasteiger charge is -2.39. The van der Waals surface area contributed by atoms with Gasteiger partial charge in [-0.05, 0) is 72.2 Å². The highest BCUT2D eigenvalue weighted by Gasteiger charge is 2.50. The lowest BCUT2D eigenvalue weighted by Crippen LogP contribution is -2.33. The molecule has 1 aliphatic carbocycles. The predicted molar refractivity (Wildman–Crippen MR) is 129 cm³/mol. The first kappa shape index (κ1) is 23.5. The average Bonchev–Trinajstić information content (AvgIpc) is 3.12. The van der Waals surface area contributed by atoms with Crippen LogP contribution < -0.4 is 0 Å². The molecule has 0 N–H and O–H groups in total. The summed E-state index contributed by atoms with van der Waals surface area (Å²) in [6.45, 7) is 0.731. The molecule has 4 unspecified atom stereocenters. The molecule has 0 spiro atoms. The first-order chi connectivity index (χ1) is 16.3. The van der Waals surface area contributed by atoms with Crippen molar-refractivity contribution in [1.82, 2.24) is 9.88 Å². The minimum absolute atomic E-state index is 0.00281. The van der Waals surface area contributed by atoms with Crippen molar-refractivity contribution in [1.29, 1.82) is 0 Å². The number of halogens is 5. The Morgan fingerprint density at radius 1 is 0.912 bits per heavy atom. The average molecular weight is 522 g/mol. The van der Waals surface area contributed by atoms with Crippen LogP contribution in [0.25, 0.3) is 0 Å². The third-order valence-electron chi connectivity index (χ3n) is 7.07. The van der Waals surface area contributed by atoms with Gasteiger partial charge in [-0.2, -0.15) is 0 Å². The molecule has 176 valence electrons. The summed E-state index contributed by atoms with van der Waals surface area (Å²) in [4.78, 5) is 19.7. The van der Waals surface area contributed by atoms with Crippen LogP contribution in [-0.4, -0.2) is 22.3 Å². The first-order valence-corrected chi connectivity index (χ1v) is 12.2. The van der Waals surface area contributed by atoms with E-state index in [2.05, 4.69) is 4.98 Å². The number of pyridine rings is 1. The maximum atomic E-state index is 13.7. The molecule has 3 aromatic rings. The molecule has 2 heterocycles. The number of aromatic nitrogens is 1.